The average Bonchev–Trinajstić information content (AvgIpc) is 2.91. The van der Waals surface area contributed by atoms with Crippen molar-refractivity contribution in [1.82, 2.24) is 0 Å². The van der Waals surface area contributed by atoms with Crippen LogP contribution in [-0.4, -0.2) is 25.8 Å². The van der Waals surface area contributed by atoms with E-state index in [9.17, 15) is 4.79 Å². The van der Waals surface area contributed by atoms with Gasteiger partial charge in [0.1, 0.15) is 11.5 Å². The number of hydrazone groups is 1. The molecule has 0 bridgehead atoms. The minimum atomic E-state index is -0.169. The number of nitrogens with zero attached hydrogens (tertiary/aromatic N) is 2. The average molecular weight is 401 g/mol. The zero-order valence-corrected chi connectivity index (χ0v) is 15.7. The second-order valence-electron chi connectivity index (χ2n) is 5.44. The van der Waals surface area contributed by atoms with Gasteiger partial charge in [-0.3, -0.25) is 4.79 Å². The molecule has 0 N–H and O–H groups in total. The highest BCUT2D eigenvalue weighted by molar-refractivity contribution is 9.10. The van der Waals surface area contributed by atoms with Gasteiger partial charge >= 0.3 is 0 Å². The van der Waals surface area contributed by atoms with Crippen molar-refractivity contribution in [1.29, 1.82) is 0 Å². The summed E-state index contributed by atoms with van der Waals surface area (Å²) in [5.41, 5.74) is 2.70. The van der Waals surface area contributed by atoms with Gasteiger partial charge in [0.15, 0.2) is 0 Å². The first-order valence-electron chi connectivity index (χ1n) is 7.63. The number of hydrogen-bond acceptors (Lipinski definition) is 4. The molecule has 1 amide bonds. The van der Waals surface area contributed by atoms with Crippen LogP contribution in [0.15, 0.2) is 57.6 Å². The quantitative estimate of drug-likeness (QED) is 0.719. The van der Waals surface area contributed by atoms with Crippen molar-refractivity contribution < 1.29 is 14.3 Å². The monoisotopic (exact) mass is 400 g/mol. The van der Waals surface area contributed by atoms with E-state index in [0.717, 1.165) is 15.7 Å². The fraction of sp³-hybridized carbons (Fsp3) is 0.158. The van der Waals surface area contributed by atoms with Gasteiger partial charge in [-0.2, -0.15) is 10.1 Å². The summed E-state index contributed by atoms with van der Waals surface area (Å²) in [6.07, 6.45) is 1.79. The van der Waals surface area contributed by atoms with Crippen LogP contribution in [0.25, 0.3) is 6.08 Å². The van der Waals surface area contributed by atoms with Crippen LogP contribution < -0.4 is 14.5 Å². The molecule has 0 atom stereocenters. The number of carbonyl (C=O) groups excluding carboxylic acids is 1. The van der Waals surface area contributed by atoms with Crippen LogP contribution in [0.4, 0.5) is 5.69 Å². The van der Waals surface area contributed by atoms with Crippen LogP contribution in [-0.2, 0) is 4.79 Å². The molecule has 0 spiro atoms. The van der Waals surface area contributed by atoms with Gasteiger partial charge in [-0.1, -0.05) is 15.9 Å². The molecule has 3 rings (SSSR count). The molecule has 25 heavy (non-hydrogen) atoms. The number of benzene rings is 2. The summed E-state index contributed by atoms with van der Waals surface area (Å²) in [6, 6.07) is 12.9. The molecular formula is C19H17BrN2O3. The molecule has 1 heterocycles. The van der Waals surface area contributed by atoms with Crippen LogP contribution in [0.1, 0.15) is 12.5 Å². The summed E-state index contributed by atoms with van der Waals surface area (Å²) < 4.78 is 11.6. The van der Waals surface area contributed by atoms with E-state index in [-0.39, 0.29) is 5.91 Å². The van der Waals surface area contributed by atoms with Crippen molar-refractivity contribution in [2.45, 2.75) is 6.92 Å². The Bertz CT molecular complexity index is 873. The second kappa shape index (κ2) is 7.11. The van der Waals surface area contributed by atoms with Crippen LogP contribution in [0.5, 0.6) is 11.5 Å². The molecule has 0 saturated carbocycles. The minimum Gasteiger partial charge on any atom is -0.497 e. The predicted octanol–water partition coefficient (Wildman–Crippen LogP) is 4.27. The Labute approximate surface area is 154 Å². The SMILES string of the molecule is COc1ccc(/C=C2\C(=O)N(c3ccc(Br)cc3)N=C2C)c(OC)c1. The van der Waals surface area contributed by atoms with E-state index in [1.807, 2.05) is 43.3 Å². The van der Waals surface area contributed by atoms with Crippen molar-refractivity contribution >= 4 is 39.3 Å². The number of amides is 1. The second-order valence-corrected chi connectivity index (χ2v) is 6.36. The Hall–Kier alpha value is -2.60. The standard InChI is InChI=1S/C19H17BrN2O3/c1-12-17(10-13-4-9-16(24-2)11-18(13)25-3)19(23)22(21-12)15-7-5-14(20)6-8-15/h4-11H,1-3H3/b17-10-. The third kappa shape index (κ3) is 3.44. The predicted molar refractivity (Wildman–Crippen MR) is 102 cm³/mol. The van der Waals surface area contributed by atoms with E-state index in [4.69, 9.17) is 9.47 Å². The summed E-state index contributed by atoms with van der Waals surface area (Å²) in [4.78, 5) is 12.8. The smallest absolute Gasteiger partial charge is 0.280 e. The summed E-state index contributed by atoms with van der Waals surface area (Å²) in [5, 5.41) is 5.79. The van der Waals surface area contributed by atoms with Gasteiger partial charge in [0.2, 0.25) is 0 Å². The zero-order valence-electron chi connectivity index (χ0n) is 14.1. The van der Waals surface area contributed by atoms with Crippen molar-refractivity contribution in [3.8, 4) is 11.5 Å². The Balaban J connectivity index is 1.96. The molecule has 128 valence electrons. The summed E-state index contributed by atoms with van der Waals surface area (Å²) >= 11 is 3.39. The number of rotatable bonds is 4. The van der Waals surface area contributed by atoms with Gasteiger partial charge in [0.05, 0.1) is 31.2 Å². The minimum absolute atomic E-state index is 0.169. The number of carbonyl (C=O) groups is 1. The lowest BCUT2D eigenvalue weighted by molar-refractivity contribution is -0.114. The highest BCUT2D eigenvalue weighted by atomic mass is 79.9. The molecule has 0 aromatic heterocycles. The zero-order chi connectivity index (χ0) is 18.0. The lowest BCUT2D eigenvalue weighted by Gasteiger charge is -2.12. The molecule has 6 heteroatoms. The van der Waals surface area contributed by atoms with E-state index >= 15 is 0 Å². The number of anilines is 1. The van der Waals surface area contributed by atoms with Crippen molar-refractivity contribution in [2.75, 3.05) is 19.2 Å². The molecule has 2 aromatic rings. The van der Waals surface area contributed by atoms with E-state index in [1.54, 1.807) is 26.4 Å². The third-order valence-electron chi connectivity index (χ3n) is 3.87. The Kier molecular flexibility index (Phi) is 4.90. The molecule has 0 saturated heterocycles. The molecule has 0 unspecified atom stereocenters. The van der Waals surface area contributed by atoms with Gasteiger partial charge in [0.25, 0.3) is 5.91 Å². The fourth-order valence-electron chi connectivity index (χ4n) is 2.53. The van der Waals surface area contributed by atoms with Crippen molar-refractivity contribution in [3.63, 3.8) is 0 Å². The molecule has 5 nitrogen and oxygen atoms in total. The molecular weight excluding hydrogens is 384 g/mol. The first kappa shape index (κ1) is 17.2. The van der Waals surface area contributed by atoms with Crippen molar-refractivity contribution in [3.05, 3.63) is 58.1 Å². The highest BCUT2D eigenvalue weighted by Gasteiger charge is 2.28. The molecule has 0 fully saturated rings. The van der Waals surface area contributed by atoms with E-state index in [0.29, 0.717) is 22.8 Å². The maximum atomic E-state index is 12.8. The Morgan fingerprint density at radius 3 is 2.44 bits per heavy atom. The normalized spacial score (nSPS) is 15.5. The maximum absolute atomic E-state index is 12.8. The van der Waals surface area contributed by atoms with Crippen LogP contribution >= 0.6 is 15.9 Å². The topological polar surface area (TPSA) is 51.1 Å². The first-order chi connectivity index (χ1) is 12.0. The van der Waals surface area contributed by atoms with Gasteiger partial charge in [-0.25, -0.2) is 0 Å². The number of methoxy groups -OCH3 is 2. The summed E-state index contributed by atoms with van der Waals surface area (Å²) in [6.45, 7) is 1.82. The Morgan fingerprint density at radius 2 is 1.80 bits per heavy atom. The van der Waals surface area contributed by atoms with E-state index < -0.39 is 0 Å². The molecule has 0 aliphatic carbocycles. The van der Waals surface area contributed by atoms with Crippen LogP contribution in [0, 0.1) is 0 Å². The molecule has 0 radical (unpaired) electrons. The summed E-state index contributed by atoms with van der Waals surface area (Å²) in [7, 11) is 3.18. The van der Waals surface area contributed by atoms with Crippen LogP contribution in [0.3, 0.4) is 0 Å². The van der Waals surface area contributed by atoms with Crippen LogP contribution in [0.2, 0.25) is 0 Å². The summed E-state index contributed by atoms with van der Waals surface area (Å²) in [5.74, 6) is 1.16. The molecule has 1 aliphatic rings. The number of hydrogen-bond donors (Lipinski definition) is 0. The first-order valence-corrected chi connectivity index (χ1v) is 8.42. The van der Waals surface area contributed by atoms with Gasteiger partial charge < -0.3 is 9.47 Å². The number of ether oxygens (including phenoxy) is 2. The fourth-order valence-corrected chi connectivity index (χ4v) is 2.80. The van der Waals surface area contributed by atoms with E-state index in [2.05, 4.69) is 21.0 Å². The molecule has 2 aromatic carbocycles. The van der Waals surface area contributed by atoms with E-state index in [1.165, 1.54) is 5.01 Å². The molecule has 1 aliphatic heterocycles. The number of halogens is 1. The lowest BCUT2D eigenvalue weighted by atomic mass is 10.1. The van der Waals surface area contributed by atoms with Gasteiger partial charge in [-0.15, -0.1) is 0 Å². The third-order valence-corrected chi connectivity index (χ3v) is 4.40. The van der Waals surface area contributed by atoms with Crippen molar-refractivity contribution in [2.24, 2.45) is 5.10 Å². The van der Waals surface area contributed by atoms with Gasteiger partial charge in [-0.05, 0) is 49.4 Å². The lowest BCUT2D eigenvalue weighted by Crippen LogP contribution is -2.21. The van der Waals surface area contributed by atoms with Gasteiger partial charge in [0, 0.05) is 16.1 Å². The largest absolute Gasteiger partial charge is 0.497 e. The maximum Gasteiger partial charge on any atom is 0.280 e. The Morgan fingerprint density at radius 1 is 1.08 bits per heavy atom. The highest BCUT2D eigenvalue weighted by Crippen LogP contribution is 2.30.